The molecule has 0 unspecified atom stereocenters. The van der Waals surface area contributed by atoms with E-state index in [4.69, 9.17) is 11.2 Å². The maximum absolute atomic E-state index is 11.7. The second-order valence-electron chi connectivity index (χ2n) is 4.77. The minimum atomic E-state index is -0.664. The van der Waals surface area contributed by atoms with Crippen molar-refractivity contribution >= 4 is 12.0 Å². The van der Waals surface area contributed by atoms with Crippen molar-refractivity contribution in [3.8, 4) is 12.3 Å². The van der Waals surface area contributed by atoms with Gasteiger partial charge in [0.25, 0.3) is 0 Å². The Hall–Kier alpha value is -1.70. The van der Waals surface area contributed by atoms with E-state index in [1.165, 1.54) is 4.90 Å². The average Bonchev–Trinajstić information content (AvgIpc) is 2.13. The monoisotopic (exact) mass is 240 g/mol. The van der Waals surface area contributed by atoms with Crippen LogP contribution in [-0.4, -0.2) is 42.1 Å². The smallest absolute Gasteiger partial charge is 0.408 e. The summed E-state index contributed by atoms with van der Waals surface area (Å²) in [7, 11) is 1.58. The maximum Gasteiger partial charge on any atom is 0.408 e. The van der Waals surface area contributed by atoms with Gasteiger partial charge in [-0.1, -0.05) is 5.92 Å². The normalized spacial score (nSPS) is 12.2. The molecule has 0 radical (unpaired) electrons. The number of terminal acetylenes is 1. The standard InChI is InChI=1S/C12H20N2O3/c1-7-8-14(6)10(15)9(2)13-11(16)17-12(3,4)5/h1,9H,8H2,2-6H3,(H,13,16)/t9-/m0/s1. The Morgan fingerprint density at radius 3 is 2.41 bits per heavy atom. The number of rotatable bonds is 3. The van der Waals surface area contributed by atoms with E-state index in [9.17, 15) is 9.59 Å². The van der Waals surface area contributed by atoms with Crippen LogP contribution in [0.5, 0.6) is 0 Å². The lowest BCUT2D eigenvalue weighted by Gasteiger charge is -2.23. The third-order valence-corrected chi connectivity index (χ3v) is 1.81. The summed E-state index contributed by atoms with van der Waals surface area (Å²) < 4.78 is 5.04. The average molecular weight is 240 g/mol. The zero-order valence-electron chi connectivity index (χ0n) is 11.0. The molecule has 1 N–H and O–H groups in total. The molecule has 96 valence electrons. The van der Waals surface area contributed by atoms with Crippen molar-refractivity contribution in [2.45, 2.75) is 39.3 Å². The Labute approximate surface area is 102 Å². The van der Waals surface area contributed by atoms with Crippen molar-refractivity contribution in [3.63, 3.8) is 0 Å². The summed E-state index contributed by atoms with van der Waals surface area (Å²) in [6, 6.07) is -0.664. The molecule has 0 aromatic heterocycles. The fraction of sp³-hybridized carbons (Fsp3) is 0.667. The van der Waals surface area contributed by atoms with Gasteiger partial charge in [0.2, 0.25) is 5.91 Å². The summed E-state index contributed by atoms with van der Waals surface area (Å²) in [5, 5.41) is 2.45. The number of nitrogens with one attached hydrogen (secondary N) is 1. The van der Waals surface area contributed by atoms with E-state index in [-0.39, 0.29) is 12.5 Å². The van der Waals surface area contributed by atoms with E-state index in [1.807, 2.05) is 0 Å². The SMILES string of the molecule is C#CCN(C)C(=O)[C@H](C)NC(=O)OC(C)(C)C. The summed E-state index contributed by atoms with van der Waals surface area (Å²) >= 11 is 0. The van der Waals surface area contributed by atoms with E-state index in [1.54, 1.807) is 34.7 Å². The number of alkyl carbamates (subject to hydrolysis) is 1. The molecular formula is C12H20N2O3. The lowest BCUT2D eigenvalue weighted by molar-refractivity contribution is -0.131. The lowest BCUT2D eigenvalue weighted by atomic mass is 10.2. The maximum atomic E-state index is 11.7. The molecule has 0 saturated heterocycles. The summed E-state index contributed by atoms with van der Waals surface area (Å²) in [5.74, 6) is 2.10. The third kappa shape index (κ3) is 6.46. The Morgan fingerprint density at radius 2 is 2.00 bits per heavy atom. The Kier molecular flexibility index (Phi) is 5.52. The van der Waals surface area contributed by atoms with Crippen LogP contribution in [0.1, 0.15) is 27.7 Å². The molecule has 0 fully saturated rings. The predicted octanol–water partition coefficient (Wildman–Crippen LogP) is 0.991. The summed E-state index contributed by atoms with van der Waals surface area (Å²) in [5.41, 5.74) is -0.586. The molecule has 0 spiro atoms. The minimum absolute atomic E-state index is 0.208. The van der Waals surface area contributed by atoms with Crippen LogP contribution in [0.25, 0.3) is 0 Å². The van der Waals surface area contributed by atoms with Crippen molar-refractivity contribution in [2.75, 3.05) is 13.6 Å². The number of likely N-dealkylation sites (N-methyl/N-ethyl adjacent to an activating group) is 1. The number of carbonyl (C=O) groups is 2. The van der Waals surface area contributed by atoms with Crippen LogP contribution in [0, 0.1) is 12.3 Å². The molecule has 0 aliphatic heterocycles. The predicted molar refractivity (Wildman–Crippen MR) is 65.3 cm³/mol. The van der Waals surface area contributed by atoms with Gasteiger partial charge in [0.1, 0.15) is 11.6 Å². The number of carbonyl (C=O) groups excluding carboxylic acids is 2. The number of hydrogen-bond donors (Lipinski definition) is 1. The molecule has 0 aromatic rings. The van der Waals surface area contributed by atoms with Gasteiger partial charge >= 0.3 is 6.09 Å². The van der Waals surface area contributed by atoms with Gasteiger partial charge in [-0.15, -0.1) is 6.42 Å². The first-order valence-electron chi connectivity index (χ1n) is 5.35. The van der Waals surface area contributed by atoms with E-state index >= 15 is 0 Å². The van der Waals surface area contributed by atoms with E-state index < -0.39 is 17.7 Å². The first-order chi connectivity index (χ1) is 7.67. The Bertz CT molecular complexity index is 326. The van der Waals surface area contributed by atoms with Gasteiger partial charge in [0.15, 0.2) is 0 Å². The molecule has 0 heterocycles. The van der Waals surface area contributed by atoms with Gasteiger partial charge < -0.3 is 15.0 Å². The van der Waals surface area contributed by atoms with Crippen molar-refractivity contribution in [1.82, 2.24) is 10.2 Å². The van der Waals surface area contributed by atoms with Crippen molar-refractivity contribution in [2.24, 2.45) is 0 Å². The molecular weight excluding hydrogens is 220 g/mol. The van der Waals surface area contributed by atoms with Gasteiger partial charge in [0.05, 0.1) is 6.54 Å². The second kappa shape index (κ2) is 6.14. The van der Waals surface area contributed by atoms with Gasteiger partial charge in [-0.3, -0.25) is 4.79 Å². The molecule has 2 amide bonds. The molecule has 1 atom stereocenters. The molecule has 17 heavy (non-hydrogen) atoms. The van der Waals surface area contributed by atoms with Gasteiger partial charge in [-0.05, 0) is 27.7 Å². The van der Waals surface area contributed by atoms with Crippen LogP contribution in [0.15, 0.2) is 0 Å². The molecule has 0 aromatic carbocycles. The number of hydrogen-bond acceptors (Lipinski definition) is 3. The van der Waals surface area contributed by atoms with E-state index in [2.05, 4.69) is 11.2 Å². The molecule has 5 heteroatoms. The second-order valence-corrected chi connectivity index (χ2v) is 4.77. The number of nitrogens with zero attached hydrogens (tertiary/aromatic N) is 1. The van der Waals surface area contributed by atoms with Gasteiger partial charge in [-0.25, -0.2) is 4.79 Å². The number of amides is 2. The van der Waals surface area contributed by atoms with Crippen LogP contribution in [-0.2, 0) is 9.53 Å². The molecule has 0 saturated carbocycles. The summed E-state index contributed by atoms with van der Waals surface area (Å²) in [6.45, 7) is 7.05. The first-order valence-corrected chi connectivity index (χ1v) is 5.35. The zero-order chi connectivity index (χ0) is 13.6. The quantitative estimate of drug-likeness (QED) is 0.748. The highest BCUT2D eigenvalue weighted by Crippen LogP contribution is 2.06. The summed E-state index contributed by atoms with van der Waals surface area (Å²) in [4.78, 5) is 24.5. The number of ether oxygens (including phenoxy) is 1. The Balaban J connectivity index is 4.27. The Morgan fingerprint density at radius 1 is 1.47 bits per heavy atom. The van der Waals surface area contributed by atoms with Crippen molar-refractivity contribution in [1.29, 1.82) is 0 Å². The third-order valence-electron chi connectivity index (χ3n) is 1.81. The fourth-order valence-corrected chi connectivity index (χ4v) is 1.09. The largest absolute Gasteiger partial charge is 0.444 e. The van der Waals surface area contributed by atoms with E-state index in [0.29, 0.717) is 0 Å². The topological polar surface area (TPSA) is 58.6 Å². The fourth-order valence-electron chi connectivity index (χ4n) is 1.09. The van der Waals surface area contributed by atoms with E-state index in [0.717, 1.165) is 0 Å². The molecule has 0 aliphatic carbocycles. The van der Waals surface area contributed by atoms with Crippen molar-refractivity contribution in [3.05, 3.63) is 0 Å². The van der Waals surface area contributed by atoms with Crippen LogP contribution < -0.4 is 5.32 Å². The molecule has 0 bridgehead atoms. The minimum Gasteiger partial charge on any atom is -0.444 e. The first kappa shape index (κ1) is 15.3. The molecule has 0 aliphatic rings. The highest BCUT2D eigenvalue weighted by atomic mass is 16.6. The summed E-state index contributed by atoms with van der Waals surface area (Å²) in [6.07, 6.45) is 4.48. The highest BCUT2D eigenvalue weighted by molar-refractivity contribution is 5.85. The van der Waals surface area contributed by atoms with Crippen molar-refractivity contribution < 1.29 is 14.3 Å². The lowest BCUT2D eigenvalue weighted by Crippen LogP contribution is -2.47. The molecule has 0 rings (SSSR count). The van der Waals surface area contributed by atoms with Crippen LogP contribution in [0.4, 0.5) is 4.79 Å². The van der Waals surface area contributed by atoms with Crippen LogP contribution in [0.2, 0.25) is 0 Å². The van der Waals surface area contributed by atoms with Gasteiger partial charge in [-0.2, -0.15) is 0 Å². The molecule has 5 nitrogen and oxygen atoms in total. The van der Waals surface area contributed by atoms with Gasteiger partial charge in [0, 0.05) is 7.05 Å². The highest BCUT2D eigenvalue weighted by Gasteiger charge is 2.22. The van der Waals surface area contributed by atoms with Crippen LogP contribution in [0.3, 0.4) is 0 Å². The zero-order valence-corrected chi connectivity index (χ0v) is 11.0. The van der Waals surface area contributed by atoms with Crippen LogP contribution >= 0.6 is 0 Å².